The number of benzene rings is 1. The first-order valence-electron chi connectivity index (χ1n) is 9.93. The van der Waals surface area contributed by atoms with E-state index in [0.29, 0.717) is 6.54 Å². The van der Waals surface area contributed by atoms with Gasteiger partial charge in [0, 0.05) is 45.0 Å². The molecule has 1 amide bonds. The highest BCUT2D eigenvalue weighted by atomic mass is 16.5. The Morgan fingerprint density at radius 1 is 1.19 bits per heavy atom. The molecular formula is C21H32N2O3. The molecule has 5 heteroatoms. The number of rotatable bonds is 9. The number of carbonyl (C=O) groups is 1. The summed E-state index contributed by atoms with van der Waals surface area (Å²) in [7, 11) is 0. The molecule has 144 valence electrons. The van der Waals surface area contributed by atoms with Crippen LogP contribution in [0.3, 0.4) is 0 Å². The second-order valence-electron chi connectivity index (χ2n) is 7.78. The van der Waals surface area contributed by atoms with Crippen LogP contribution in [0.1, 0.15) is 49.0 Å². The zero-order chi connectivity index (χ0) is 18.4. The van der Waals surface area contributed by atoms with E-state index in [2.05, 4.69) is 36.2 Å². The van der Waals surface area contributed by atoms with E-state index in [0.717, 1.165) is 50.8 Å². The Labute approximate surface area is 157 Å². The van der Waals surface area contributed by atoms with Crippen molar-refractivity contribution in [1.82, 2.24) is 10.2 Å². The van der Waals surface area contributed by atoms with Gasteiger partial charge in [0.05, 0.1) is 12.2 Å². The minimum Gasteiger partial charge on any atom is -0.381 e. The van der Waals surface area contributed by atoms with Crippen LogP contribution in [0, 0.1) is 5.92 Å². The molecule has 1 N–H and O–H groups in total. The molecule has 2 fully saturated rings. The highest BCUT2D eigenvalue weighted by molar-refractivity contribution is 5.94. The first-order valence-corrected chi connectivity index (χ1v) is 9.93. The van der Waals surface area contributed by atoms with E-state index in [1.807, 2.05) is 12.1 Å². The summed E-state index contributed by atoms with van der Waals surface area (Å²) in [6.45, 7) is 9.32. The molecule has 1 aromatic carbocycles. The minimum absolute atomic E-state index is 0.00707. The van der Waals surface area contributed by atoms with Crippen LogP contribution in [0.5, 0.6) is 0 Å². The van der Waals surface area contributed by atoms with Gasteiger partial charge in [-0.3, -0.25) is 9.69 Å². The van der Waals surface area contributed by atoms with Gasteiger partial charge >= 0.3 is 0 Å². The van der Waals surface area contributed by atoms with Gasteiger partial charge in [0.25, 0.3) is 5.91 Å². The lowest BCUT2D eigenvalue weighted by Crippen LogP contribution is -2.44. The fraction of sp³-hybridized carbons (Fsp3) is 0.667. The summed E-state index contributed by atoms with van der Waals surface area (Å²) in [5.74, 6) is 0.791. The van der Waals surface area contributed by atoms with Crippen molar-refractivity contribution in [2.45, 2.75) is 51.9 Å². The first kappa shape index (κ1) is 19.3. The molecule has 0 radical (unpaired) electrons. The lowest BCUT2D eigenvalue weighted by Gasteiger charge is -2.35. The van der Waals surface area contributed by atoms with Crippen LogP contribution in [0.2, 0.25) is 0 Å². The highest BCUT2D eigenvalue weighted by Crippen LogP contribution is 2.28. The Morgan fingerprint density at radius 2 is 1.88 bits per heavy atom. The van der Waals surface area contributed by atoms with Crippen molar-refractivity contribution >= 4 is 5.91 Å². The summed E-state index contributed by atoms with van der Waals surface area (Å²) in [5, 5.41) is 2.97. The third-order valence-corrected chi connectivity index (χ3v) is 4.92. The highest BCUT2D eigenvalue weighted by Gasteiger charge is 2.22. The third-order valence-electron chi connectivity index (χ3n) is 4.92. The number of amides is 1. The number of morpholine rings is 1. The van der Waals surface area contributed by atoms with E-state index in [4.69, 9.17) is 9.47 Å². The number of nitrogens with zero attached hydrogens (tertiary/aromatic N) is 1. The average Bonchev–Trinajstić information content (AvgIpc) is 3.42. The Bertz CT molecular complexity index is 561. The topological polar surface area (TPSA) is 50.8 Å². The molecule has 1 saturated heterocycles. The van der Waals surface area contributed by atoms with Crippen LogP contribution in [0.4, 0.5) is 0 Å². The normalized spacial score (nSPS) is 23.8. The number of ether oxygens (including phenoxy) is 2. The Kier molecular flexibility index (Phi) is 7.06. The second-order valence-corrected chi connectivity index (χ2v) is 7.78. The van der Waals surface area contributed by atoms with Crippen molar-refractivity contribution in [2.24, 2.45) is 5.92 Å². The summed E-state index contributed by atoms with van der Waals surface area (Å²) in [6, 6.07) is 7.94. The van der Waals surface area contributed by atoms with Crippen molar-refractivity contribution in [1.29, 1.82) is 0 Å². The quantitative estimate of drug-likeness (QED) is 0.688. The molecule has 1 aliphatic carbocycles. The SMILES string of the molecule is CC1CN(Cc2ccc(C(=O)NCCCOCC3CC3)cc2)CC(C)O1. The van der Waals surface area contributed by atoms with Crippen molar-refractivity contribution < 1.29 is 14.3 Å². The van der Waals surface area contributed by atoms with E-state index in [1.54, 1.807) is 0 Å². The molecule has 0 spiro atoms. The predicted molar refractivity (Wildman–Crippen MR) is 102 cm³/mol. The maximum Gasteiger partial charge on any atom is 0.251 e. The van der Waals surface area contributed by atoms with Crippen molar-refractivity contribution in [3.63, 3.8) is 0 Å². The number of nitrogens with one attached hydrogen (secondary N) is 1. The largest absolute Gasteiger partial charge is 0.381 e. The molecule has 1 saturated carbocycles. The van der Waals surface area contributed by atoms with Gasteiger partial charge in [0.2, 0.25) is 0 Å². The second kappa shape index (κ2) is 9.49. The summed E-state index contributed by atoms with van der Waals surface area (Å²) < 4.78 is 11.4. The Hall–Kier alpha value is -1.43. The number of hydrogen-bond donors (Lipinski definition) is 1. The molecule has 1 aliphatic heterocycles. The van der Waals surface area contributed by atoms with E-state index >= 15 is 0 Å². The summed E-state index contributed by atoms with van der Waals surface area (Å²) in [5.41, 5.74) is 1.95. The van der Waals surface area contributed by atoms with Gasteiger partial charge in [-0.1, -0.05) is 12.1 Å². The van der Waals surface area contributed by atoms with Crippen molar-refractivity contribution in [3.8, 4) is 0 Å². The molecule has 2 unspecified atom stereocenters. The van der Waals surface area contributed by atoms with Crippen LogP contribution in [0.15, 0.2) is 24.3 Å². The molecule has 5 nitrogen and oxygen atoms in total. The molecule has 0 bridgehead atoms. The smallest absolute Gasteiger partial charge is 0.251 e. The van der Waals surface area contributed by atoms with E-state index in [-0.39, 0.29) is 18.1 Å². The zero-order valence-electron chi connectivity index (χ0n) is 16.1. The fourth-order valence-corrected chi connectivity index (χ4v) is 3.45. The summed E-state index contributed by atoms with van der Waals surface area (Å²) in [6.07, 6.45) is 4.05. The predicted octanol–water partition coefficient (Wildman–Crippen LogP) is 2.84. The maximum atomic E-state index is 12.2. The molecule has 1 aromatic rings. The third kappa shape index (κ3) is 6.38. The van der Waals surface area contributed by atoms with E-state index in [9.17, 15) is 4.79 Å². The lowest BCUT2D eigenvalue weighted by atomic mass is 10.1. The van der Waals surface area contributed by atoms with Crippen molar-refractivity contribution in [3.05, 3.63) is 35.4 Å². The summed E-state index contributed by atoms with van der Waals surface area (Å²) in [4.78, 5) is 14.6. The Balaban J connectivity index is 1.36. The lowest BCUT2D eigenvalue weighted by molar-refractivity contribution is -0.0704. The summed E-state index contributed by atoms with van der Waals surface area (Å²) >= 11 is 0. The van der Waals surface area contributed by atoms with Crippen LogP contribution >= 0.6 is 0 Å². The van der Waals surface area contributed by atoms with Crippen LogP contribution in [-0.2, 0) is 16.0 Å². The monoisotopic (exact) mass is 360 g/mol. The Morgan fingerprint density at radius 3 is 2.54 bits per heavy atom. The van der Waals surface area contributed by atoms with Crippen molar-refractivity contribution in [2.75, 3.05) is 32.8 Å². The minimum atomic E-state index is -0.00707. The van der Waals surface area contributed by atoms with Gasteiger partial charge in [0.1, 0.15) is 0 Å². The molecule has 2 aliphatic rings. The van der Waals surface area contributed by atoms with Crippen LogP contribution in [0.25, 0.3) is 0 Å². The molecule has 0 aromatic heterocycles. The maximum absolute atomic E-state index is 12.2. The van der Waals surface area contributed by atoms with Gasteiger partial charge in [-0.25, -0.2) is 0 Å². The van der Waals surface area contributed by atoms with Gasteiger partial charge < -0.3 is 14.8 Å². The number of hydrogen-bond acceptors (Lipinski definition) is 4. The standard InChI is InChI=1S/C21H32N2O3/c1-16-12-23(13-17(2)26-16)14-18-6-8-20(9-7-18)21(24)22-10-3-11-25-15-19-4-5-19/h6-9,16-17,19H,3-5,10-15H2,1-2H3,(H,22,24). The average molecular weight is 360 g/mol. The molecule has 1 heterocycles. The van der Waals surface area contributed by atoms with Gasteiger partial charge in [-0.05, 0) is 56.7 Å². The molecule has 3 rings (SSSR count). The van der Waals surface area contributed by atoms with Gasteiger partial charge in [0.15, 0.2) is 0 Å². The molecular weight excluding hydrogens is 328 g/mol. The van der Waals surface area contributed by atoms with Crippen LogP contribution < -0.4 is 5.32 Å². The molecule has 26 heavy (non-hydrogen) atoms. The van der Waals surface area contributed by atoms with E-state index in [1.165, 1.54) is 18.4 Å². The van der Waals surface area contributed by atoms with Crippen LogP contribution in [-0.4, -0.2) is 55.9 Å². The fourth-order valence-electron chi connectivity index (χ4n) is 3.45. The zero-order valence-corrected chi connectivity index (χ0v) is 16.1. The van der Waals surface area contributed by atoms with Gasteiger partial charge in [-0.2, -0.15) is 0 Å². The molecule has 2 atom stereocenters. The van der Waals surface area contributed by atoms with Gasteiger partial charge in [-0.15, -0.1) is 0 Å². The first-order chi connectivity index (χ1) is 12.6. The number of carbonyl (C=O) groups excluding carboxylic acids is 1. The van der Waals surface area contributed by atoms with E-state index < -0.39 is 0 Å².